The van der Waals surface area contributed by atoms with Crippen molar-refractivity contribution < 1.29 is 23.9 Å². The molecule has 0 radical (unpaired) electrons. The van der Waals surface area contributed by atoms with Crippen molar-refractivity contribution in [1.29, 1.82) is 0 Å². The number of hydrogen-bond acceptors (Lipinski definition) is 5. The van der Waals surface area contributed by atoms with Crippen molar-refractivity contribution in [2.24, 2.45) is 0 Å². The average molecular weight is 236 g/mol. The van der Waals surface area contributed by atoms with Gasteiger partial charge in [-0.2, -0.15) is 0 Å². The molecule has 1 aliphatic rings. The third-order valence-electron chi connectivity index (χ3n) is 2.27. The van der Waals surface area contributed by atoms with Crippen LogP contribution in [0.1, 0.15) is 6.42 Å². The molecule has 0 bridgehead atoms. The quantitative estimate of drug-likeness (QED) is 0.533. The van der Waals surface area contributed by atoms with Crippen LogP contribution in [0, 0.1) is 0 Å². The van der Waals surface area contributed by atoms with Gasteiger partial charge in [0, 0.05) is 5.57 Å². The maximum atomic E-state index is 11.6. The second-order valence-electron chi connectivity index (χ2n) is 3.21. The van der Waals surface area contributed by atoms with Gasteiger partial charge in [-0.25, -0.2) is 9.59 Å². The Balaban J connectivity index is 3.38. The minimum Gasteiger partial charge on any atom is -0.466 e. The predicted octanol–water partition coefficient (Wildman–Crippen LogP) is 0.714. The van der Waals surface area contributed by atoms with E-state index in [0.717, 1.165) is 0 Å². The number of rotatable bonds is 3. The van der Waals surface area contributed by atoms with Gasteiger partial charge < -0.3 is 9.47 Å². The highest BCUT2D eigenvalue weighted by Gasteiger charge is 2.25. The van der Waals surface area contributed by atoms with Crippen LogP contribution in [-0.4, -0.2) is 32.4 Å². The highest BCUT2D eigenvalue weighted by molar-refractivity contribution is 6.09. The lowest BCUT2D eigenvalue weighted by atomic mass is 10.00. The number of hydrogen-bond donors (Lipinski definition) is 0. The number of ether oxygens (including phenoxy) is 2. The van der Waals surface area contributed by atoms with Crippen molar-refractivity contribution in [2.45, 2.75) is 6.42 Å². The molecule has 0 saturated carbocycles. The Bertz CT molecular complexity index is 440. The van der Waals surface area contributed by atoms with Crippen molar-refractivity contribution in [3.8, 4) is 0 Å². The summed E-state index contributed by atoms with van der Waals surface area (Å²) in [4.78, 5) is 34.1. The molecule has 90 valence electrons. The third kappa shape index (κ3) is 2.69. The Morgan fingerprint density at radius 2 is 1.88 bits per heavy atom. The molecule has 0 N–H and O–H groups in total. The standard InChI is InChI=1S/C12H12O5/c1-16-11(14)9-6-4-3-5-8(7-13)10(9)12(15)17-2/h3-5,7H,6H2,1-2H3. The molecule has 0 spiro atoms. The molecule has 0 atom stereocenters. The first kappa shape index (κ1) is 12.9. The van der Waals surface area contributed by atoms with Gasteiger partial charge >= 0.3 is 11.9 Å². The molecule has 0 aromatic carbocycles. The Morgan fingerprint density at radius 3 is 2.41 bits per heavy atom. The zero-order chi connectivity index (χ0) is 12.8. The van der Waals surface area contributed by atoms with Gasteiger partial charge in [-0.3, -0.25) is 4.79 Å². The maximum absolute atomic E-state index is 11.6. The van der Waals surface area contributed by atoms with E-state index in [0.29, 0.717) is 6.29 Å². The van der Waals surface area contributed by atoms with Gasteiger partial charge in [-0.15, -0.1) is 0 Å². The molecule has 0 fully saturated rings. The van der Waals surface area contributed by atoms with Crippen molar-refractivity contribution in [2.75, 3.05) is 14.2 Å². The summed E-state index contributed by atoms with van der Waals surface area (Å²) < 4.78 is 9.15. The lowest BCUT2D eigenvalue weighted by Gasteiger charge is -2.09. The summed E-state index contributed by atoms with van der Waals surface area (Å²) in [6, 6.07) is 0. The molecule has 0 saturated heterocycles. The predicted molar refractivity (Wildman–Crippen MR) is 59.0 cm³/mol. The maximum Gasteiger partial charge on any atom is 0.339 e. The monoisotopic (exact) mass is 236 g/mol. The summed E-state index contributed by atoms with van der Waals surface area (Å²) in [5, 5.41) is 0. The summed E-state index contributed by atoms with van der Waals surface area (Å²) >= 11 is 0. The van der Waals surface area contributed by atoms with E-state index in [1.54, 1.807) is 12.2 Å². The molecule has 0 heterocycles. The van der Waals surface area contributed by atoms with E-state index in [2.05, 4.69) is 9.47 Å². The molecule has 0 aliphatic heterocycles. The number of carbonyl (C=O) groups is 3. The largest absolute Gasteiger partial charge is 0.466 e. The first-order valence-corrected chi connectivity index (χ1v) is 4.87. The molecule has 5 heteroatoms. The second kappa shape index (κ2) is 5.79. The van der Waals surface area contributed by atoms with Crippen LogP contribution in [-0.2, 0) is 23.9 Å². The number of methoxy groups -OCH3 is 2. The zero-order valence-corrected chi connectivity index (χ0v) is 9.56. The van der Waals surface area contributed by atoms with Gasteiger partial charge in [0.15, 0.2) is 6.29 Å². The molecular formula is C12H12O5. The van der Waals surface area contributed by atoms with Crippen LogP contribution in [0.25, 0.3) is 0 Å². The minimum atomic E-state index is -0.729. The fourth-order valence-corrected chi connectivity index (χ4v) is 1.47. The van der Waals surface area contributed by atoms with E-state index in [1.165, 1.54) is 20.3 Å². The second-order valence-corrected chi connectivity index (χ2v) is 3.21. The zero-order valence-electron chi connectivity index (χ0n) is 9.56. The van der Waals surface area contributed by atoms with Crippen molar-refractivity contribution in [3.63, 3.8) is 0 Å². The Kier molecular flexibility index (Phi) is 4.39. The van der Waals surface area contributed by atoms with Crippen LogP contribution in [0.2, 0.25) is 0 Å². The molecule has 1 aliphatic carbocycles. The van der Waals surface area contributed by atoms with E-state index >= 15 is 0 Å². The Labute approximate surface area is 98.4 Å². The fraction of sp³-hybridized carbons (Fsp3) is 0.250. The molecule has 0 aromatic rings. The first-order valence-electron chi connectivity index (χ1n) is 4.87. The average Bonchev–Trinajstić information content (AvgIpc) is 2.58. The van der Waals surface area contributed by atoms with Crippen LogP contribution in [0.15, 0.2) is 34.9 Å². The Morgan fingerprint density at radius 1 is 1.24 bits per heavy atom. The fourth-order valence-electron chi connectivity index (χ4n) is 1.47. The van der Waals surface area contributed by atoms with Crippen LogP contribution in [0.5, 0.6) is 0 Å². The highest BCUT2D eigenvalue weighted by atomic mass is 16.5. The first-order chi connectivity index (χ1) is 8.15. The number of esters is 2. The van der Waals surface area contributed by atoms with Gasteiger partial charge in [0.05, 0.1) is 25.4 Å². The van der Waals surface area contributed by atoms with E-state index in [4.69, 9.17) is 0 Å². The summed E-state index contributed by atoms with van der Waals surface area (Å²) in [6.45, 7) is 0. The van der Waals surface area contributed by atoms with Gasteiger partial charge in [0.2, 0.25) is 0 Å². The topological polar surface area (TPSA) is 69.7 Å². The van der Waals surface area contributed by atoms with E-state index < -0.39 is 11.9 Å². The summed E-state index contributed by atoms with van der Waals surface area (Å²) in [5.41, 5.74) is 0.178. The van der Waals surface area contributed by atoms with Crippen LogP contribution in [0.3, 0.4) is 0 Å². The molecule has 0 unspecified atom stereocenters. The van der Waals surface area contributed by atoms with Crippen molar-refractivity contribution in [3.05, 3.63) is 34.9 Å². The van der Waals surface area contributed by atoms with Gasteiger partial charge in [-0.1, -0.05) is 18.2 Å². The highest BCUT2D eigenvalue weighted by Crippen LogP contribution is 2.22. The van der Waals surface area contributed by atoms with Crippen molar-refractivity contribution in [1.82, 2.24) is 0 Å². The van der Waals surface area contributed by atoms with Gasteiger partial charge in [-0.05, 0) is 6.42 Å². The van der Waals surface area contributed by atoms with E-state index in [9.17, 15) is 14.4 Å². The molecular weight excluding hydrogens is 224 g/mol. The molecule has 0 amide bonds. The molecule has 5 nitrogen and oxygen atoms in total. The number of carbonyl (C=O) groups excluding carboxylic acids is 3. The van der Waals surface area contributed by atoms with Crippen LogP contribution < -0.4 is 0 Å². The molecule has 17 heavy (non-hydrogen) atoms. The minimum absolute atomic E-state index is 0.0423. The summed E-state index contributed by atoms with van der Waals surface area (Å²) in [7, 11) is 2.40. The van der Waals surface area contributed by atoms with E-state index in [1.807, 2.05) is 0 Å². The normalized spacial score (nSPS) is 14.8. The molecule has 0 aromatic heterocycles. The smallest absolute Gasteiger partial charge is 0.339 e. The van der Waals surface area contributed by atoms with Gasteiger partial charge in [0.25, 0.3) is 0 Å². The summed E-state index contributed by atoms with van der Waals surface area (Å²) in [6.07, 6.45) is 5.43. The lowest BCUT2D eigenvalue weighted by molar-refractivity contribution is -0.139. The van der Waals surface area contributed by atoms with Crippen LogP contribution >= 0.6 is 0 Å². The Hall–Kier alpha value is -2.17. The molecule has 1 rings (SSSR count). The van der Waals surface area contributed by atoms with Crippen molar-refractivity contribution >= 4 is 18.2 Å². The lowest BCUT2D eigenvalue weighted by Crippen LogP contribution is -2.16. The van der Waals surface area contributed by atoms with E-state index in [-0.39, 0.29) is 23.1 Å². The third-order valence-corrected chi connectivity index (χ3v) is 2.27. The SMILES string of the molecule is COC(=O)C1=C(C(=O)OC)C(C=O)=CC=CC1. The van der Waals surface area contributed by atoms with Gasteiger partial charge in [0.1, 0.15) is 0 Å². The number of aldehydes is 1. The van der Waals surface area contributed by atoms with Crippen LogP contribution in [0.4, 0.5) is 0 Å². The summed E-state index contributed by atoms with van der Waals surface area (Å²) in [5.74, 6) is -1.38. The number of allylic oxidation sites excluding steroid dienone is 3.